The molecule has 1 unspecified atom stereocenters. The molecule has 0 aromatic carbocycles. The molecule has 1 N–H and O–H groups in total. The summed E-state index contributed by atoms with van der Waals surface area (Å²) in [4.78, 5) is 45.5. The zero-order chi connectivity index (χ0) is 12.3. The van der Waals surface area contributed by atoms with Gasteiger partial charge in [-0.3, -0.25) is 19.3 Å². The fourth-order valence-electron chi connectivity index (χ4n) is 1.28. The zero-order valence-electron chi connectivity index (χ0n) is 8.98. The minimum Gasteiger partial charge on any atom is -0.459 e. The molecule has 0 bridgehead atoms. The van der Waals surface area contributed by atoms with Crippen molar-refractivity contribution in [2.24, 2.45) is 0 Å². The van der Waals surface area contributed by atoms with E-state index in [9.17, 15) is 19.2 Å². The third-order valence-electron chi connectivity index (χ3n) is 2.15. The van der Waals surface area contributed by atoms with Crippen molar-refractivity contribution in [2.75, 3.05) is 13.7 Å². The standard InChI is InChI=1S/C9H12N2O5/c1-3-16-9(15)7(13)10-5-4-6(12)11(2)8(5)14/h5H,3-4H2,1-2H3,(H,10,13). The molecule has 0 aromatic heterocycles. The molecule has 7 heteroatoms. The lowest BCUT2D eigenvalue weighted by Crippen LogP contribution is -2.44. The number of esters is 1. The summed E-state index contributed by atoms with van der Waals surface area (Å²) < 4.78 is 4.44. The Morgan fingerprint density at radius 2 is 2.12 bits per heavy atom. The number of nitrogens with zero attached hydrogens (tertiary/aromatic N) is 1. The molecule has 1 atom stereocenters. The van der Waals surface area contributed by atoms with Gasteiger partial charge in [-0.05, 0) is 6.92 Å². The van der Waals surface area contributed by atoms with Crippen molar-refractivity contribution in [1.29, 1.82) is 0 Å². The molecule has 1 heterocycles. The number of imide groups is 1. The summed E-state index contributed by atoms with van der Waals surface area (Å²) in [7, 11) is 1.32. The number of likely N-dealkylation sites (N-methyl/N-ethyl adjacent to an activating group) is 1. The first-order chi connectivity index (χ1) is 7.47. The number of hydrogen-bond acceptors (Lipinski definition) is 5. The predicted octanol–water partition coefficient (Wildman–Crippen LogP) is -1.58. The van der Waals surface area contributed by atoms with Gasteiger partial charge in [0.25, 0.3) is 5.91 Å². The Balaban J connectivity index is 2.56. The maximum Gasteiger partial charge on any atom is 0.396 e. The molecule has 0 aromatic rings. The molecule has 1 aliphatic heterocycles. The van der Waals surface area contributed by atoms with Crippen LogP contribution in [-0.2, 0) is 23.9 Å². The average Bonchev–Trinajstić information content (AvgIpc) is 2.47. The normalized spacial score (nSPS) is 19.9. The number of hydrogen-bond donors (Lipinski definition) is 1. The lowest BCUT2D eigenvalue weighted by Gasteiger charge is -2.09. The first-order valence-electron chi connectivity index (χ1n) is 4.75. The van der Waals surface area contributed by atoms with Crippen LogP contribution in [0.3, 0.4) is 0 Å². The lowest BCUT2D eigenvalue weighted by atomic mass is 10.2. The van der Waals surface area contributed by atoms with E-state index in [0.717, 1.165) is 4.90 Å². The highest BCUT2D eigenvalue weighted by Crippen LogP contribution is 2.10. The van der Waals surface area contributed by atoms with Crippen LogP contribution < -0.4 is 5.32 Å². The number of likely N-dealkylation sites (tertiary alicyclic amines) is 1. The number of ether oxygens (including phenoxy) is 1. The molecule has 0 saturated carbocycles. The van der Waals surface area contributed by atoms with Crippen LogP contribution in [0.5, 0.6) is 0 Å². The highest BCUT2D eigenvalue weighted by molar-refractivity contribution is 6.33. The lowest BCUT2D eigenvalue weighted by molar-refractivity contribution is -0.155. The summed E-state index contributed by atoms with van der Waals surface area (Å²) in [6.45, 7) is 1.63. The first kappa shape index (κ1) is 12.2. The van der Waals surface area contributed by atoms with Gasteiger partial charge in [0.05, 0.1) is 13.0 Å². The molecule has 1 rings (SSSR count). The van der Waals surface area contributed by atoms with Gasteiger partial charge in [0, 0.05) is 7.05 Å². The summed E-state index contributed by atoms with van der Waals surface area (Å²) in [5, 5.41) is 2.15. The number of nitrogens with one attached hydrogen (secondary N) is 1. The Bertz CT molecular complexity index is 352. The first-order valence-corrected chi connectivity index (χ1v) is 4.75. The van der Waals surface area contributed by atoms with Crippen LogP contribution in [0.2, 0.25) is 0 Å². The van der Waals surface area contributed by atoms with Gasteiger partial charge >= 0.3 is 11.9 Å². The van der Waals surface area contributed by atoms with Crippen molar-refractivity contribution < 1.29 is 23.9 Å². The quantitative estimate of drug-likeness (QED) is 0.350. The third-order valence-corrected chi connectivity index (χ3v) is 2.15. The van der Waals surface area contributed by atoms with Gasteiger partial charge in [-0.1, -0.05) is 0 Å². The second kappa shape index (κ2) is 4.73. The second-order valence-electron chi connectivity index (χ2n) is 3.24. The van der Waals surface area contributed by atoms with Crippen molar-refractivity contribution in [3.63, 3.8) is 0 Å². The van der Waals surface area contributed by atoms with Gasteiger partial charge < -0.3 is 10.1 Å². The fourth-order valence-corrected chi connectivity index (χ4v) is 1.28. The molecule has 3 amide bonds. The summed E-state index contributed by atoms with van der Waals surface area (Å²) in [5.41, 5.74) is 0. The molecular formula is C9H12N2O5. The van der Waals surface area contributed by atoms with Gasteiger partial charge in [-0.15, -0.1) is 0 Å². The smallest absolute Gasteiger partial charge is 0.396 e. The van der Waals surface area contributed by atoms with Crippen LogP contribution in [-0.4, -0.2) is 48.3 Å². The van der Waals surface area contributed by atoms with Crippen molar-refractivity contribution in [2.45, 2.75) is 19.4 Å². The van der Waals surface area contributed by atoms with Crippen LogP contribution in [0.25, 0.3) is 0 Å². The van der Waals surface area contributed by atoms with Crippen LogP contribution in [0.4, 0.5) is 0 Å². The fraction of sp³-hybridized carbons (Fsp3) is 0.556. The molecule has 1 saturated heterocycles. The van der Waals surface area contributed by atoms with Gasteiger partial charge in [0.15, 0.2) is 0 Å². The Hall–Kier alpha value is -1.92. The minimum absolute atomic E-state index is 0.0731. The van der Waals surface area contributed by atoms with E-state index in [1.54, 1.807) is 6.92 Å². The Labute approximate surface area is 91.7 Å². The van der Waals surface area contributed by atoms with Gasteiger partial charge in [-0.2, -0.15) is 0 Å². The Kier molecular flexibility index (Phi) is 3.60. The molecule has 7 nitrogen and oxygen atoms in total. The van der Waals surface area contributed by atoms with E-state index in [-0.39, 0.29) is 18.9 Å². The van der Waals surface area contributed by atoms with Crippen LogP contribution in [0.1, 0.15) is 13.3 Å². The van der Waals surface area contributed by atoms with Gasteiger partial charge in [0.2, 0.25) is 5.91 Å². The maximum atomic E-state index is 11.4. The van der Waals surface area contributed by atoms with E-state index >= 15 is 0 Å². The highest BCUT2D eigenvalue weighted by Gasteiger charge is 2.38. The summed E-state index contributed by atoms with van der Waals surface area (Å²) in [5.74, 6) is -2.98. The molecule has 16 heavy (non-hydrogen) atoms. The highest BCUT2D eigenvalue weighted by atomic mass is 16.5. The van der Waals surface area contributed by atoms with E-state index in [1.807, 2.05) is 0 Å². The molecular weight excluding hydrogens is 216 g/mol. The number of rotatable bonds is 2. The Morgan fingerprint density at radius 1 is 1.50 bits per heavy atom. The van der Waals surface area contributed by atoms with Gasteiger partial charge in [0.1, 0.15) is 6.04 Å². The maximum absolute atomic E-state index is 11.4. The third kappa shape index (κ3) is 2.36. The molecule has 1 fully saturated rings. The van der Waals surface area contributed by atoms with Crippen molar-refractivity contribution in [1.82, 2.24) is 10.2 Å². The number of carbonyl (C=O) groups excluding carboxylic acids is 4. The van der Waals surface area contributed by atoms with Crippen LogP contribution in [0, 0.1) is 0 Å². The largest absolute Gasteiger partial charge is 0.459 e. The van der Waals surface area contributed by atoms with Gasteiger partial charge in [-0.25, -0.2) is 4.79 Å². The van der Waals surface area contributed by atoms with Crippen molar-refractivity contribution in [3.8, 4) is 0 Å². The zero-order valence-corrected chi connectivity index (χ0v) is 8.98. The molecule has 88 valence electrons. The monoisotopic (exact) mass is 228 g/mol. The van der Waals surface area contributed by atoms with Crippen LogP contribution in [0.15, 0.2) is 0 Å². The molecule has 1 aliphatic rings. The van der Waals surface area contributed by atoms with Crippen molar-refractivity contribution >= 4 is 23.7 Å². The number of amides is 3. The van der Waals surface area contributed by atoms with E-state index in [1.165, 1.54) is 7.05 Å². The minimum atomic E-state index is -1.06. The Morgan fingerprint density at radius 3 is 2.56 bits per heavy atom. The molecule has 0 spiro atoms. The molecule has 0 radical (unpaired) electrons. The second-order valence-corrected chi connectivity index (χ2v) is 3.24. The topological polar surface area (TPSA) is 92.8 Å². The predicted molar refractivity (Wildman–Crippen MR) is 51.0 cm³/mol. The summed E-state index contributed by atoms with van der Waals surface area (Å²) in [6.07, 6.45) is -0.125. The van der Waals surface area contributed by atoms with Crippen LogP contribution >= 0.6 is 0 Å². The SMILES string of the molecule is CCOC(=O)C(=O)NC1CC(=O)N(C)C1=O. The summed E-state index contributed by atoms with van der Waals surface area (Å²) >= 11 is 0. The van der Waals surface area contributed by atoms with E-state index < -0.39 is 23.8 Å². The van der Waals surface area contributed by atoms with Crippen molar-refractivity contribution in [3.05, 3.63) is 0 Å². The van der Waals surface area contributed by atoms with E-state index in [0.29, 0.717) is 0 Å². The average molecular weight is 228 g/mol. The molecule has 0 aliphatic carbocycles. The summed E-state index contributed by atoms with van der Waals surface area (Å²) in [6, 6.07) is -0.964. The number of carbonyl (C=O) groups is 4. The van der Waals surface area contributed by atoms with E-state index in [4.69, 9.17) is 0 Å². The van der Waals surface area contributed by atoms with E-state index in [2.05, 4.69) is 10.1 Å².